The number of rotatable bonds is 7. The summed E-state index contributed by atoms with van der Waals surface area (Å²) < 4.78 is 4.82. The maximum Gasteiger partial charge on any atom is 0.328 e. The molecule has 1 atom stereocenters. The van der Waals surface area contributed by atoms with Crippen molar-refractivity contribution in [3.05, 3.63) is 107 Å². The Hall–Kier alpha value is -3.73. The lowest BCUT2D eigenvalue weighted by Gasteiger charge is -2.17. The molecule has 3 aromatic carbocycles. The number of methoxy groups -OCH3 is 1. The molecule has 0 heterocycles. The van der Waals surface area contributed by atoms with Crippen molar-refractivity contribution in [1.82, 2.24) is 5.32 Å². The van der Waals surface area contributed by atoms with E-state index in [0.29, 0.717) is 23.1 Å². The third-order valence-corrected chi connectivity index (χ3v) is 4.52. The van der Waals surface area contributed by atoms with Gasteiger partial charge < -0.3 is 10.1 Å². The fourth-order valence-electron chi connectivity index (χ4n) is 2.96. The topological polar surface area (TPSA) is 72.5 Å². The van der Waals surface area contributed by atoms with Crippen molar-refractivity contribution >= 4 is 17.7 Å². The Morgan fingerprint density at radius 3 is 1.86 bits per heavy atom. The highest BCUT2D eigenvalue weighted by Crippen LogP contribution is 2.12. The first-order chi connectivity index (χ1) is 14.1. The van der Waals surface area contributed by atoms with E-state index in [1.165, 1.54) is 7.11 Å². The molecule has 1 amide bonds. The van der Waals surface area contributed by atoms with Gasteiger partial charge in [0.2, 0.25) is 0 Å². The standard InChI is InChI=1S/C24H21NO4/c1-29-24(28)21(16-17-8-4-2-5-9-17)25-23(27)20-14-12-19(13-15-20)22(26)18-10-6-3-7-11-18/h2-15,21H,16H2,1H3,(H,25,27)/t21-/m0/s1. The van der Waals surface area contributed by atoms with E-state index in [9.17, 15) is 14.4 Å². The molecule has 0 aromatic heterocycles. The zero-order valence-electron chi connectivity index (χ0n) is 16.0. The Labute approximate surface area is 169 Å². The van der Waals surface area contributed by atoms with Crippen LogP contribution in [0, 0.1) is 0 Å². The van der Waals surface area contributed by atoms with Gasteiger partial charge in [-0.2, -0.15) is 0 Å². The summed E-state index contributed by atoms with van der Waals surface area (Å²) in [5.41, 5.74) is 2.34. The summed E-state index contributed by atoms with van der Waals surface area (Å²) >= 11 is 0. The smallest absolute Gasteiger partial charge is 0.328 e. The zero-order valence-corrected chi connectivity index (χ0v) is 16.0. The van der Waals surface area contributed by atoms with Gasteiger partial charge in [-0.05, 0) is 17.7 Å². The summed E-state index contributed by atoms with van der Waals surface area (Å²) in [4.78, 5) is 37.2. The second-order valence-corrected chi connectivity index (χ2v) is 6.51. The minimum atomic E-state index is -0.805. The molecule has 1 N–H and O–H groups in total. The van der Waals surface area contributed by atoms with Crippen LogP contribution in [0.4, 0.5) is 0 Å². The van der Waals surface area contributed by atoms with Crippen LogP contribution in [0.15, 0.2) is 84.9 Å². The van der Waals surface area contributed by atoms with Gasteiger partial charge in [-0.1, -0.05) is 72.8 Å². The van der Waals surface area contributed by atoms with Crippen LogP contribution in [-0.4, -0.2) is 30.8 Å². The van der Waals surface area contributed by atoms with Gasteiger partial charge in [0.1, 0.15) is 6.04 Å². The monoisotopic (exact) mass is 387 g/mol. The number of hydrogen-bond donors (Lipinski definition) is 1. The van der Waals surface area contributed by atoms with Gasteiger partial charge in [0.25, 0.3) is 5.91 Å². The first-order valence-corrected chi connectivity index (χ1v) is 9.21. The summed E-state index contributed by atoms with van der Waals surface area (Å²) in [5, 5.41) is 2.71. The fraction of sp³-hybridized carbons (Fsp3) is 0.125. The molecule has 0 unspecified atom stereocenters. The summed E-state index contributed by atoms with van der Waals surface area (Å²) in [6, 6.07) is 23.9. The van der Waals surface area contributed by atoms with Crippen LogP contribution >= 0.6 is 0 Å². The normalized spacial score (nSPS) is 11.3. The highest BCUT2D eigenvalue weighted by atomic mass is 16.5. The second-order valence-electron chi connectivity index (χ2n) is 6.51. The fourth-order valence-corrected chi connectivity index (χ4v) is 2.96. The van der Waals surface area contributed by atoms with E-state index in [2.05, 4.69) is 5.32 Å². The lowest BCUT2D eigenvalue weighted by molar-refractivity contribution is -0.142. The van der Waals surface area contributed by atoms with Gasteiger partial charge in [-0.3, -0.25) is 9.59 Å². The molecule has 0 aliphatic rings. The molecule has 3 aromatic rings. The van der Waals surface area contributed by atoms with Crippen molar-refractivity contribution in [3.8, 4) is 0 Å². The number of carbonyl (C=O) groups is 3. The second kappa shape index (κ2) is 9.46. The van der Waals surface area contributed by atoms with Gasteiger partial charge >= 0.3 is 5.97 Å². The number of ether oxygens (including phenoxy) is 1. The lowest BCUT2D eigenvalue weighted by Crippen LogP contribution is -2.43. The Bertz CT molecular complexity index is 982. The van der Waals surface area contributed by atoms with Crippen LogP contribution in [0.25, 0.3) is 0 Å². The van der Waals surface area contributed by atoms with Crippen molar-refractivity contribution in [3.63, 3.8) is 0 Å². The zero-order chi connectivity index (χ0) is 20.6. The van der Waals surface area contributed by atoms with E-state index in [4.69, 9.17) is 4.74 Å². The van der Waals surface area contributed by atoms with Crippen molar-refractivity contribution in [2.75, 3.05) is 7.11 Å². The predicted molar refractivity (Wildman–Crippen MR) is 110 cm³/mol. The Morgan fingerprint density at radius 2 is 1.28 bits per heavy atom. The maximum absolute atomic E-state index is 12.6. The Balaban J connectivity index is 1.71. The molecule has 0 bridgehead atoms. The maximum atomic E-state index is 12.6. The summed E-state index contributed by atoms with van der Waals surface area (Å²) in [5.74, 6) is -1.04. The van der Waals surface area contributed by atoms with Crippen LogP contribution in [0.3, 0.4) is 0 Å². The number of ketones is 1. The Morgan fingerprint density at radius 1 is 0.759 bits per heavy atom. The molecule has 5 nitrogen and oxygen atoms in total. The number of hydrogen-bond acceptors (Lipinski definition) is 4. The number of benzene rings is 3. The van der Waals surface area contributed by atoms with E-state index in [0.717, 1.165) is 5.56 Å². The quantitative estimate of drug-likeness (QED) is 0.498. The molecule has 3 rings (SSSR count). The van der Waals surface area contributed by atoms with Gasteiger partial charge in [-0.15, -0.1) is 0 Å². The molecule has 0 saturated heterocycles. The molecule has 0 aliphatic heterocycles. The summed E-state index contributed by atoms with van der Waals surface area (Å²) in [6.07, 6.45) is 0.323. The SMILES string of the molecule is COC(=O)[C@H](Cc1ccccc1)NC(=O)c1ccc(C(=O)c2ccccc2)cc1. The summed E-state index contributed by atoms with van der Waals surface area (Å²) in [6.45, 7) is 0. The lowest BCUT2D eigenvalue weighted by atomic mass is 10.0. The van der Waals surface area contributed by atoms with Crippen LogP contribution in [0.5, 0.6) is 0 Å². The number of amides is 1. The molecule has 0 fully saturated rings. The van der Waals surface area contributed by atoms with Gasteiger partial charge in [0.15, 0.2) is 5.78 Å². The van der Waals surface area contributed by atoms with Gasteiger partial charge in [0.05, 0.1) is 7.11 Å². The molecule has 146 valence electrons. The van der Waals surface area contributed by atoms with Crippen LogP contribution in [-0.2, 0) is 16.0 Å². The molecule has 0 aliphatic carbocycles. The van der Waals surface area contributed by atoms with Crippen LogP contribution in [0.1, 0.15) is 31.8 Å². The molecular formula is C24H21NO4. The van der Waals surface area contributed by atoms with Crippen molar-refractivity contribution < 1.29 is 19.1 Å². The van der Waals surface area contributed by atoms with Crippen LogP contribution in [0.2, 0.25) is 0 Å². The van der Waals surface area contributed by atoms with Crippen LogP contribution < -0.4 is 5.32 Å². The minimum absolute atomic E-state index is 0.117. The largest absolute Gasteiger partial charge is 0.467 e. The van der Waals surface area contributed by atoms with E-state index >= 15 is 0 Å². The number of esters is 1. The first-order valence-electron chi connectivity index (χ1n) is 9.21. The average molecular weight is 387 g/mol. The van der Waals surface area contributed by atoms with E-state index < -0.39 is 17.9 Å². The third kappa shape index (κ3) is 5.17. The number of carbonyl (C=O) groups excluding carboxylic acids is 3. The van der Waals surface area contributed by atoms with Gasteiger partial charge in [0, 0.05) is 23.1 Å². The molecule has 5 heteroatoms. The van der Waals surface area contributed by atoms with Crippen molar-refractivity contribution in [2.45, 2.75) is 12.5 Å². The Kier molecular flexibility index (Phi) is 6.53. The van der Waals surface area contributed by atoms with Crippen molar-refractivity contribution in [2.24, 2.45) is 0 Å². The van der Waals surface area contributed by atoms with E-state index in [1.54, 1.807) is 48.5 Å². The molecule has 0 saturated carbocycles. The average Bonchev–Trinajstić information content (AvgIpc) is 2.79. The van der Waals surface area contributed by atoms with E-state index in [1.807, 2.05) is 36.4 Å². The van der Waals surface area contributed by atoms with Crippen molar-refractivity contribution in [1.29, 1.82) is 0 Å². The summed E-state index contributed by atoms with van der Waals surface area (Å²) in [7, 11) is 1.29. The molecule has 29 heavy (non-hydrogen) atoms. The first kappa shape index (κ1) is 20.0. The minimum Gasteiger partial charge on any atom is -0.467 e. The van der Waals surface area contributed by atoms with E-state index in [-0.39, 0.29) is 5.78 Å². The molecule has 0 spiro atoms. The highest BCUT2D eigenvalue weighted by Gasteiger charge is 2.22. The van der Waals surface area contributed by atoms with Gasteiger partial charge in [-0.25, -0.2) is 4.79 Å². The molecular weight excluding hydrogens is 366 g/mol. The molecule has 0 radical (unpaired) electrons. The highest BCUT2D eigenvalue weighted by molar-refractivity contribution is 6.09. The predicted octanol–water partition coefficient (Wildman–Crippen LogP) is 3.43. The number of nitrogens with one attached hydrogen (secondary N) is 1. The third-order valence-electron chi connectivity index (χ3n) is 4.52.